The summed E-state index contributed by atoms with van der Waals surface area (Å²) in [6.07, 6.45) is 11.1. The molecule has 216 valence electrons. The standard InChI is InChI=1S/C33H54O5/c1-20(34)23-11-16-33(19-37-21(2)35)18-17-31(7)24(28(23)33)9-10-26-30(6)14-13-27(38-22(3)36)29(4,5)25(30)12-15-32(26,31)8/h20,23-28,34H,9-19H2,1-8H3/t20-,23-,24-,25-,26+,27-,28-,30+,31+,32-,33-/m0/s1. The number of ether oxygens (including phenoxy) is 2. The maximum atomic E-state index is 11.9. The van der Waals surface area contributed by atoms with Crippen LogP contribution in [0.15, 0.2) is 0 Å². The van der Waals surface area contributed by atoms with E-state index in [9.17, 15) is 14.7 Å². The summed E-state index contributed by atoms with van der Waals surface area (Å²) in [6, 6.07) is 0. The van der Waals surface area contributed by atoms with Gasteiger partial charge in [0.25, 0.3) is 0 Å². The van der Waals surface area contributed by atoms with Crippen molar-refractivity contribution in [2.75, 3.05) is 6.61 Å². The molecule has 0 aromatic rings. The molecule has 1 N–H and O–H groups in total. The Morgan fingerprint density at radius 2 is 1.53 bits per heavy atom. The van der Waals surface area contributed by atoms with Crippen LogP contribution in [0, 0.1) is 56.7 Å². The van der Waals surface area contributed by atoms with E-state index in [-0.39, 0.29) is 51.2 Å². The van der Waals surface area contributed by atoms with E-state index in [0.717, 1.165) is 32.1 Å². The second-order valence-corrected chi connectivity index (χ2v) is 15.7. The zero-order valence-corrected chi connectivity index (χ0v) is 25.4. The maximum Gasteiger partial charge on any atom is 0.302 e. The molecule has 5 saturated carbocycles. The smallest absolute Gasteiger partial charge is 0.302 e. The van der Waals surface area contributed by atoms with Crippen molar-refractivity contribution in [1.29, 1.82) is 0 Å². The number of hydrogen-bond acceptors (Lipinski definition) is 5. The Morgan fingerprint density at radius 1 is 0.816 bits per heavy atom. The van der Waals surface area contributed by atoms with E-state index in [0.29, 0.717) is 36.2 Å². The molecule has 0 aromatic carbocycles. The topological polar surface area (TPSA) is 72.8 Å². The Morgan fingerprint density at radius 3 is 2.16 bits per heavy atom. The number of fused-ring (bicyclic) bond motifs is 7. The van der Waals surface area contributed by atoms with E-state index in [1.807, 2.05) is 6.92 Å². The number of aliphatic hydroxyl groups excluding tert-OH is 1. The zero-order chi connectivity index (χ0) is 27.9. The molecule has 5 nitrogen and oxygen atoms in total. The second-order valence-electron chi connectivity index (χ2n) is 15.7. The minimum atomic E-state index is -0.322. The number of hydrogen-bond donors (Lipinski definition) is 1. The van der Waals surface area contributed by atoms with Gasteiger partial charge in [-0.1, -0.05) is 34.6 Å². The highest BCUT2D eigenvalue weighted by Crippen LogP contribution is 2.77. The van der Waals surface area contributed by atoms with Crippen LogP contribution in [0.4, 0.5) is 0 Å². The molecule has 0 radical (unpaired) electrons. The SMILES string of the molecule is CC(=O)OC[C@@]12CC[C@@H]([C@H](C)O)[C@H]1[C@@H]1CC[C@@H]3[C@]4(C)CC[C@H](OC(C)=O)C(C)(C)[C@@H]4CC[C@]3(C)[C@]1(C)CC2. The van der Waals surface area contributed by atoms with Crippen molar-refractivity contribution >= 4 is 11.9 Å². The minimum Gasteiger partial charge on any atom is -0.465 e. The van der Waals surface area contributed by atoms with Crippen molar-refractivity contribution in [1.82, 2.24) is 0 Å². The zero-order valence-electron chi connectivity index (χ0n) is 25.4. The average Bonchev–Trinajstić information content (AvgIpc) is 3.20. The van der Waals surface area contributed by atoms with Gasteiger partial charge in [0.1, 0.15) is 6.10 Å². The number of carbonyl (C=O) groups is 2. The van der Waals surface area contributed by atoms with Crippen LogP contribution in [0.25, 0.3) is 0 Å². The fourth-order valence-electron chi connectivity index (χ4n) is 12.2. The van der Waals surface area contributed by atoms with Crippen molar-refractivity contribution in [2.24, 2.45) is 56.7 Å². The highest BCUT2D eigenvalue weighted by atomic mass is 16.5. The minimum absolute atomic E-state index is 0.0104. The number of carbonyl (C=O) groups excluding carboxylic acids is 2. The summed E-state index contributed by atoms with van der Waals surface area (Å²) in [5.41, 5.74) is 0.693. The van der Waals surface area contributed by atoms with E-state index >= 15 is 0 Å². The molecule has 5 rings (SSSR count). The fraction of sp³-hybridized carbons (Fsp3) is 0.939. The Bertz CT molecular complexity index is 957. The predicted molar refractivity (Wildman–Crippen MR) is 148 cm³/mol. The first kappa shape index (κ1) is 28.4. The summed E-state index contributed by atoms with van der Waals surface area (Å²) in [7, 11) is 0. The van der Waals surface area contributed by atoms with Crippen LogP contribution in [0.5, 0.6) is 0 Å². The van der Waals surface area contributed by atoms with E-state index < -0.39 is 0 Å². The third-order valence-electron chi connectivity index (χ3n) is 14.1. The van der Waals surface area contributed by atoms with Crippen LogP contribution in [0.1, 0.15) is 120 Å². The van der Waals surface area contributed by atoms with Crippen molar-refractivity contribution in [3.05, 3.63) is 0 Å². The Labute approximate surface area is 231 Å². The molecule has 0 spiro atoms. The molecule has 0 saturated heterocycles. The predicted octanol–water partition coefficient (Wildman–Crippen LogP) is 6.94. The van der Waals surface area contributed by atoms with Crippen LogP contribution in [-0.4, -0.2) is 35.9 Å². The van der Waals surface area contributed by atoms with Gasteiger partial charge in [-0.3, -0.25) is 9.59 Å². The van der Waals surface area contributed by atoms with Gasteiger partial charge < -0.3 is 14.6 Å². The molecular formula is C33H54O5. The quantitative estimate of drug-likeness (QED) is 0.399. The first-order valence-corrected chi connectivity index (χ1v) is 15.6. The molecule has 5 heteroatoms. The first-order chi connectivity index (χ1) is 17.6. The third kappa shape index (κ3) is 3.86. The molecule has 11 atom stereocenters. The third-order valence-corrected chi connectivity index (χ3v) is 14.1. The first-order valence-electron chi connectivity index (χ1n) is 15.6. The summed E-state index contributed by atoms with van der Waals surface area (Å²) < 4.78 is 11.7. The molecule has 0 aromatic heterocycles. The molecular weight excluding hydrogens is 476 g/mol. The molecule has 38 heavy (non-hydrogen) atoms. The average molecular weight is 531 g/mol. The van der Waals surface area contributed by atoms with Crippen LogP contribution < -0.4 is 0 Å². The summed E-state index contributed by atoms with van der Waals surface area (Å²) >= 11 is 0. The fourth-order valence-corrected chi connectivity index (χ4v) is 12.2. The highest BCUT2D eigenvalue weighted by molar-refractivity contribution is 5.66. The van der Waals surface area contributed by atoms with E-state index in [4.69, 9.17) is 9.47 Å². The van der Waals surface area contributed by atoms with E-state index in [2.05, 4.69) is 34.6 Å². The normalized spacial score (nSPS) is 50.0. The van der Waals surface area contributed by atoms with E-state index in [1.54, 1.807) is 6.92 Å². The van der Waals surface area contributed by atoms with Gasteiger partial charge in [0.15, 0.2) is 0 Å². The van der Waals surface area contributed by atoms with Gasteiger partial charge >= 0.3 is 11.9 Å². The summed E-state index contributed by atoms with van der Waals surface area (Å²) in [5.74, 6) is 2.14. The lowest BCUT2D eigenvalue weighted by Crippen LogP contribution is -2.67. The van der Waals surface area contributed by atoms with Crippen LogP contribution in [-0.2, 0) is 19.1 Å². The summed E-state index contributed by atoms with van der Waals surface area (Å²) in [6.45, 7) is 18.1. The van der Waals surface area contributed by atoms with Gasteiger partial charge in [-0.05, 0) is 117 Å². The van der Waals surface area contributed by atoms with Crippen LogP contribution in [0.2, 0.25) is 0 Å². The number of rotatable bonds is 4. The molecule has 5 aliphatic rings. The van der Waals surface area contributed by atoms with E-state index in [1.165, 1.54) is 39.0 Å². The monoisotopic (exact) mass is 530 g/mol. The van der Waals surface area contributed by atoms with Crippen LogP contribution in [0.3, 0.4) is 0 Å². The lowest BCUT2D eigenvalue weighted by molar-refractivity contribution is -0.254. The maximum absolute atomic E-state index is 11.9. The largest absolute Gasteiger partial charge is 0.465 e. The molecule has 0 unspecified atom stereocenters. The lowest BCUT2D eigenvalue weighted by atomic mass is 9.32. The van der Waals surface area contributed by atoms with Gasteiger partial charge in [-0.2, -0.15) is 0 Å². The Hall–Kier alpha value is -1.10. The number of aliphatic hydroxyl groups is 1. The molecule has 5 fully saturated rings. The van der Waals surface area contributed by atoms with Crippen molar-refractivity contribution in [2.45, 2.75) is 132 Å². The van der Waals surface area contributed by atoms with Gasteiger partial charge in [0.2, 0.25) is 0 Å². The lowest BCUT2D eigenvalue weighted by Gasteiger charge is -2.73. The van der Waals surface area contributed by atoms with Gasteiger partial charge in [-0.25, -0.2) is 0 Å². The van der Waals surface area contributed by atoms with Crippen molar-refractivity contribution in [3.63, 3.8) is 0 Å². The molecule has 0 bridgehead atoms. The molecule has 0 heterocycles. The highest BCUT2D eigenvalue weighted by Gasteiger charge is 2.71. The van der Waals surface area contributed by atoms with Crippen LogP contribution >= 0.6 is 0 Å². The molecule has 0 amide bonds. The van der Waals surface area contributed by atoms with Gasteiger partial charge in [-0.15, -0.1) is 0 Å². The Balaban J connectivity index is 1.49. The number of esters is 2. The van der Waals surface area contributed by atoms with Gasteiger partial charge in [0, 0.05) is 24.7 Å². The van der Waals surface area contributed by atoms with Gasteiger partial charge in [0.05, 0.1) is 12.7 Å². The van der Waals surface area contributed by atoms with Crippen molar-refractivity contribution < 1.29 is 24.2 Å². The molecule has 5 aliphatic carbocycles. The van der Waals surface area contributed by atoms with Crippen molar-refractivity contribution in [3.8, 4) is 0 Å². The summed E-state index contributed by atoms with van der Waals surface area (Å²) in [5, 5.41) is 11.0. The Kier molecular flexibility index (Phi) is 6.89. The summed E-state index contributed by atoms with van der Waals surface area (Å²) in [4.78, 5) is 23.8. The molecule has 0 aliphatic heterocycles. The second kappa shape index (κ2) is 9.21.